The van der Waals surface area contributed by atoms with Gasteiger partial charge in [0.2, 0.25) is 0 Å². The largest absolute Gasteiger partial charge is 0.460 e. The third kappa shape index (κ3) is 5.15. The maximum absolute atomic E-state index is 14.6. The molecule has 3 fully saturated rings. The van der Waals surface area contributed by atoms with Crippen molar-refractivity contribution in [3.05, 3.63) is 100 Å². The molecule has 4 aromatic rings. The molecule has 3 aliphatic rings. The van der Waals surface area contributed by atoms with Gasteiger partial charge in [-0.15, -0.1) is 0 Å². The topological polar surface area (TPSA) is 68.3 Å². The van der Waals surface area contributed by atoms with Gasteiger partial charge in [0.15, 0.2) is 0 Å². The average Bonchev–Trinajstić information content (AvgIpc) is 2.97. The normalized spacial score (nSPS) is 23.5. The Labute approximate surface area is 256 Å². The number of carbonyl (C=O) groups is 2. The second-order valence-corrected chi connectivity index (χ2v) is 14.0. The predicted molar refractivity (Wildman–Crippen MR) is 170 cm³/mol. The van der Waals surface area contributed by atoms with Gasteiger partial charge in [-0.25, -0.2) is 4.98 Å². The summed E-state index contributed by atoms with van der Waals surface area (Å²) in [5.74, 6) is -0.210. The van der Waals surface area contributed by atoms with Crippen LogP contribution in [0.3, 0.4) is 0 Å². The summed E-state index contributed by atoms with van der Waals surface area (Å²) in [6.07, 6.45) is 3.48. The molecule has 1 amide bonds. The molecular formula is C36H37BrN2O3. The summed E-state index contributed by atoms with van der Waals surface area (Å²) in [4.78, 5) is 33.1. The van der Waals surface area contributed by atoms with E-state index in [0.29, 0.717) is 24.8 Å². The van der Waals surface area contributed by atoms with Crippen molar-refractivity contribution in [2.45, 2.75) is 76.9 Å². The molecular weight excluding hydrogens is 588 g/mol. The van der Waals surface area contributed by atoms with Crippen LogP contribution >= 0.6 is 15.9 Å². The van der Waals surface area contributed by atoms with E-state index in [-0.39, 0.29) is 17.8 Å². The van der Waals surface area contributed by atoms with Crippen LogP contribution in [0, 0.1) is 12.3 Å². The van der Waals surface area contributed by atoms with Gasteiger partial charge in [-0.1, -0.05) is 76.6 Å². The highest BCUT2D eigenvalue weighted by Crippen LogP contribution is 2.59. The summed E-state index contributed by atoms with van der Waals surface area (Å²) in [5.41, 5.74) is 3.67. The van der Waals surface area contributed by atoms with Crippen molar-refractivity contribution in [3.63, 3.8) is 0 Å². The number of nitrogens with one attached hydrogen (secondary N) is 1. The summed E-state index contributed by atoms with van der Waals surface area (Å²) in [6, 6.07) is 26.3. The van der Waals surface area contributed by atoms with Crippen molar-refractivity contribution in [1.82, 2.24) is 10.3 Å². The molecule has 7 rings (SSSR count). The number of carbonyl (C=O) groups excluding carboxylic acids is 2. The van der Waals surface area contributed by atoms with Gasteiger partial charge in [0.05, 0.1) is 22.2 Å². The van der Waals surface area contributed by atoms with E-state index >= 15 is 0 Å². The molecule has 1 N–H and O–H groups in total. The lowest BCUT2D eigenvalue weighted by Gasteiger charge is -2.57. The molecule has 3 aromatic carbocycles. The zero-order chi connectivity index (χ0) is 29.7. The van der Waals surface area contributed by atoms with Crippen molar-refractivity contribution in [3.8, 4) is 11.3 Å². The Bertz CT molecular complexity index is 1650. The molecule has 1 aromatic heterocycles. The molecule has 5 nitrogen and oxygen atoms in total. The maximum atomic E-state index is 14.6. The number of nitrogens with zero attached hydrogens (tertiary/aromatic N) is 1. The number of hydrogen-bond donors (Lipinski definition) is 1. The third-order valence-electron chi connectivity index (χ3n) is 9.22. The fraction of sp³-hybridized carbons (Fsp3) is 0.361. The fourth-order valence-electron chi connectivity index (χ4n) is 7.11. The first-order valence-corrected chi connectivity index (χ1v) is 15.6. The van der Waals surface area contributed by atoms with Crippen LogP contribution in [0.15, 0.2) is 83.3 Å². The fourth-order valence-corrected chi connectivity index (χ4v) is 7.47. The van der Waals surface area contributed by atoms with E-state index < -0.39 is 16.6 Å². The minimum absolute atomic E-state index is 0.00796. The maximum Gasteiger partial charge on any atom is 0.312 e. The molecule has 0 saturated heterocycles. The van der Waals surface area contributed by atoms with Crippen LogP contribution in [0.5, 0.6) is 0 Å². The van der Waals surface area contributed by atoms with E-state index in [1.54, 1.807) is 0 Å². The quantitative estimate of drug-likeness (QED) is 0.226. The highest BCUT2D eigenvalue weighted by molar-refractivity contribution is 9.10. The van der Waals surface area contributed by atoms with Crippen molar-refractivity contribution in [2.24, 2.45) is 5.41 Å². The molecule has 0 spiro atoms. The molecule has 0 radical (unpaired) electrons. The number of pyridine rings is 1. The zero-order valence-electron chi connectivity index (χ0n) is 24.7. The third-order valence-corrected chi connectivity index (χ3v) is 9.72. The van der Waals surface area contributed by atoms with Gasteiger partial charge in [-0.3, -0.25) is 9.59 Å². The zero-order valence-corrected chi connectivity index (χ0v) is 26.3. The lowest BCUT2D eigenvalue weighted by molar-refractivity contribution is -0.176. The highest BCUT2D eigenvalue weighted by atomic mass is 79.9. The van der Waals surface area contributed by atoms with Crippen LogP contribution in [-0.2, 0) is 9.53 Å². The summed E-state index contributed by atoms with van der Waals surface area (Å²) < 4.78 is 6.85. The Kier molecular flexibility index (Phi) is 7.25. The molecule has 3 saturated carbocycles. The number of ether oxygens (including phenoxy) is 1. The van der Waals surface area contributed by atoms with Gasteiger partial charge >= 0.3 is 5.97 Å². The number of benzene rings is 3. The molecule has 42 heavy (non-hydrogen) atoms. The van der Waals surface area contributed by atoms with Crippen molar-refractivity contribution >= 4 is 38.7 Å². The molecule has 0 aliphatic heterocycles. The first kappa shape index (κ1) is 28.6. The van der Waals surface area contributed by atoms with E-state index in [1.807, 2.05) is 94.4 Å². The van der Waals surface area contributed by atoms with E-state index in [0.717, 1.165) is 50.6 Å². The lowest BCUT2D eigenvalue weighted by atomic mass is 9.51. The van der Waals surface area contributed by atoms with E-state index in [2.05, 4.69) is 33.4 Å². The molecule has 2 bridgehead atoms. The number of halogens is 1. The summed E-state index contributed by atoms with van der Waals surface area (Å²) in [5, 5.41) is 4.41. The van der Waals surface area contributed by atoms with Crippen LogP contribution in [0.2, 0.25) is 0 Å². The first-order valence-electron chi connectivity index (χ1n) is 14.8. The van der Waals surface area contributed by atoms with Gasteiger partial charge in [0.1, 0.15) is 5.60 Å². The average molecular weight is 626 g/mol. The molecule has 1 unspecified atom stereocenters. The molecule has 6 heteroatoms. The summed E-state index contributed by atoms with van der Waals surface area (Å²) >= 11 is 3.61. The molecule has 3 aliphatic carbocycles. The monoisotopic (exact) mass is 624 g/mol. The van der Waals surface area contributed by atoms with Crippen LogP contribution in [0.4, 0.5) is 0 Å². The Balaban J connectivity index is 1.42. The van der Waals surface area contributed by atoms with Crippen molar-refractivity contribution in [1.29, 1.82) is 0 Å². The summed E-state index contributed by atoms with van der Waals surface area (Å²) in [7, 11) is 0. The first-order chi connectivity index (χ1) is 20.0. The van der Waals surface area contributed by atoms with Crippen LogP contribution in [0.25, 0.3) is 22.2 Å². The Morgan fingerprint density at radius 2 is 1.57 bits per heavy atom. The lowest BCUT2D eigenvalue weighted by Crippen LogP contribution is -2.62. The van der Waals surface area contributed by atoms with Gasteiger partial charge < -0.3 is 10.1 Å². The Morgan fingerprint density at radius 3 is 2.21 bits per heavy atom. The van der Waals surface area contributed by atoms with E-state index in [1.165, 1.54) is 0 Å². The van der Waals surface area contributed by atoms with Gasteiger partial charge in [0.25, 0.3) is 5.91 Å². The highest BCUT2D eigenvalue weighted by Gasteiger charge is 2.59. The molecule has 216 valence electrons. The van der Waals surface area contributed by atoms with Crippen LogP contribution in [0.1, 0.15) is 80.3 Å². The Hall–Kier alpha value is -3.51. The van der Waals surface area contributed by atoms with Gasteiger partial charge in [-0.05, 0) is 89.1 Å². The van der Waals surface area contributed by atoms with Crippen LogP contribution in [-0.4, -0.2) is 28.0 Å². The second-order valence-electron chi connectivity index (χ2n) is 13.0. The smallest absolute Gasteiger partial charge is 0.312 e. The number of hydrogen-bond acceptors (Lipinski definition) is 4. The predicted octanol–water partition coefficient (Wildman–Crippen LogP) is 8.53. The van der Waals surface area contributed by atoms with Crippen LogP contribution < -0.4 is 5.32 Å². The van der Waals surface area contributed by atoms with Gasteiger partial charge in [0, 0.05) is 26.9 Å². The van der Waals surface area contributed by atoms with Crippen molar-refractivity contribution < 1.29 is 14.3 Å². The number of fused-ring (bicyclic) bond motifs is 4. The minimum atomic E-state index is -0.543. The van der Waals surface area contributed by atoms with E-state index in [9.17, 15) is 9.59 Å². The number of rotatable bonds is 5. The summed E-state index contributed by atoms with van der Waals surface area (Å²) in [6.45, 7) is 7.77. The Morgan fingerprint density at radius 1 is 0.929 bits per heavy atom. The van der Waals surface area contributed by atoms with Gasteiger partial charge in [-0.2, -0.15) is 0 Å². The second kappa shape index (κ2) is 10.6. The number of esters is 1. The standard InChI is InChI=1S/C36H37BrN2O3/c1-23-30(27-21-26(37)15-16-29(27)38-31(23)25-13-9-6-10-14-25)32(40)39-36-19-17-35(18-20-36,33(41)42-34(2,3)4)22-28(36)24-11-7-5-8-12-24/h5-16,21,28H,17-20,22H2,1-4H3,(H,39,40). The number of aromatic nitrogens is 1. The van der Waals surface area contributed by atoms with E-state index in [4.69, 9.17) is 9.72 Å². The molecule has 1 atom stereocenters. The minimum Gasteiger partial charge on any atom is -0.460 e. The SMILES string of the molecule is Cc1c(-c2ccccc2)nc2ccc(Br)cc2c1C(=O)NC12CCC(C(=O)OC(C)(C)C)(CC1)CC2c1ccccc1. The number of amides is 1. The molecule has 1 heterocycles. The van der Waals surface area contributed by atoms with Crippen molar-refractivity contribution in [2.75, 3.05) is 0 Å².